The first-order chi connectivity index (χ1) is 59.0. The number of unbranched alkanes of at least 4 members (excludes halogenated alkanes) is 46. The molecule has 0 radical (unpaired) electrons. The first-order valence-electron chi connectivity index (χ1n) is 49.7. The Morgan fingerprint density at radius 3 is 1.07 bits per heavy atom. The van der Waals surface area contributed by atoms with E-state index in [-0.39, 0.29) is 25.7 Å². The van der Waals surface area contributed by atoms with Gasteiger partial charge in [0.15, 0.2) is 24.8 Å². The van der Waals surface area contributed by atoms with Gasteiger partial charge in [-0.1, -0.05) is 368 Å². The SMILES string of the molecule is CCCCCC/C=C\CCCCCCCCCC(=O)OCC1OC(OC2C(OC(=O)CCCCCCCCC(C)CCCCCCCC)C(O)C(O)C(OC3OC(CO)C(O)C(O)C3O)C2OP(=O)(O)OCC(COC(=O)CCCCCCCCC(C)CCCCCCCC)OC(=O)CCCCCCCCCCCCCCCCCC)C(O)C(O)C1O. The Morgan fingerprint density at radius 2 is 0.664 bits per heavy atom. The van der Waals surface area contributed by atoms with E-state index in [0.717, 1.165) is 148 Å². The van der Waals surface area contributed by atoms with Crippen LogP contribution in [-0.2, 0) is 70.7 Å². The van der Waals surface area contributed by atoms with E-state index in [4.69, 9.17) is 46.9 Å². The highest BCUT2D eigenvalue weighted by Crippen LogP contribution is 2.49. The summed E-state index contributed by atoms with van der Waals surface area (Å²) in [5.74, 6) is -1.64. The third-order valence-corrected chi connectivity index (χ3v) is 25.8. The Hall–Kier alpha value is -2.79. The summed E-state index contributed by atoms with van der Waals surface area (Å²) in [4.78, 5) is 66.7. The molecule has 20 unspecified atom stereocenters. The van der Waals surface area contributed by atoms with Crippen LogP contribution in [0.15, 0.2) is 12.2 Å². The van der Waals surface area contributed by atoms with Crippen LogP contribution in [0.4, 0.5) is 0 Å². The largest absolute Gasteiger partial charge is 0.472 e. The number of aliphatic hydroxyl groups is 9. The summed E-state index contributed by atoms with van der Waals surface area (Å²) in [6.07, 6.45) is 30.4. The van der Waals surface area contributed by atoms with E-state index in [0.29, 0.717) is 43.9 Å². The highest BCUT2D eigenvalue weighted by Gasteiger charge is 2.60. The molecule has 0 bridgehead atoms. The maximum atomic E-state index is 15.0. The summed E-state index contributed by atoms with van der Waals surface area (Å²) in [6, 6.07) is 0. The number of esters is 4. The van der Waals surface area contributed by atoms with Gasteiger partial charge < -0.3 is 88.7 Å². The number of hydrogen-bond acceptors (Lipinski definition) is 24. The first-order valence-corrected chi connectivity index (χ1v) is 51.2. The van der Waals surface area contributed by atoms with Crippen LogP contribution >= 0.6 is 7.82 Å². The Labute approximate surface area is 737 Å². The second-order valence-electron chi connectivity index (χ2n) is 36.2. The molecule has 20 atom stereocenters. The number of rotatable bonds is 80. The monoisotopic (exact) mass is 1760 g/mol. The summed E-state index contributed by atoms with van der Waals surface area (Å²) < 4.78 is 73.7. The zero-order valence-corrected chi connectivity index (χ0v) is 78.0. The molecule has 25 nitrogen and oxygen atoms in total. The van der Waals surface area contributed by atoms with Gasteiger partial charge in [0, 0.05) is 25.7 Å². The van der Waals surface area contributed by atoms with Gasteiger partial charge in [-0.05, 0) is 63.2 Å². The van der Waals surface area contributed by atoms with Gasteiger partial charge in [-0.2, -0.15) is 0 Å². The van der Waals surface area contributed by atoms with Crippen molar-refractivity contribution in [3.05, 3.63) is 12.2 Å². The van der Waals surface area contributed by atoms with E-state index < -0.39 is 162 Å². The average Bonchev–Trinajstić information content (AvgIpc) is 0.753. The molecule has 0 aromatic heterocycles. The van der Waals surface area contributed by atoms with Crippen LogP contribution in [0.25, 0.3) is 0 Å². The van der Waals surface area contributed by atoms with Crippen molar-refractivity contribution in [1.82, 2.24) is 0 Å². The smallest absolute Gasteiger partial charge is 0.463 e. The van der Waals surface area contributed by atoms with Crippen LogP contribution in [0, 0.1) is 11.8 Å². The molecule has 2 saturated heterocycles. The molecule has 3 aliphatic rings. The summed E-state index contributed by atoms with van der Waals surface area (Å²) in [5.41, 5.74) is 0. The van der Waals surface area contributed by atoms with Crippen molar-refractivity contribution < 1.29 is 122 Å². The lowest BCUT2D eigenvalue weighted by atomic mass is 9.84. The second-order valence-corrected chi connectivity index (χ2v) is 37.6. The average molecular weight is 1760 g/mol. The molecular weight excluding hydrogens is 1580 g/mol. The van der Waals surface area contributed by atoms with E-state index >= 15 is 0 Å². The van der Waals surface area contributed by atoms with E-state index in [1.165, 1.54) is 186 Å². The van der Waals surface area contributed by atoms with E-state index in [1.54, 1.807) is 0 Å². The molecule has 1 aliphatic carbocycles. The molecule has 1 saturated carbocycles. The molecular formula is C96H179O25P. The van der Waals surface area contributed by atoms with Crippen LogP contribution in [-0.4, -0.2) is 205 Å². The van der Waals surface area contributed by atoms with Crippen LogP contribution < -0.4 is 0 Å². The second kappa shape index (κ2) is 72.9. The normalized spacial score (nSPS) is 25.0. The van der Waals surface area contributed by atoms with Gasteiger partial charge in [0.25, 0.3) is 0 Å². The number of phosphoric ester groups is 1. The number of hydrogen-bond donors (Lipinski definition) is 10. The minimum absolute atomic E-state index is 0.0102. The lowest BCUT2D eigenvalue weighted by Crippen LogP contribution is -2.70. The van der Waals surface area contributed by atoms with Crippen LogP contribution in [0.3, 0.4) is 0 Å². The van der Waals surface area contributed by atoms with E-state index in [1.807, 2.05) is 0 Å². The number of phosphoric acid groups is 1. The summed E-state index contributed by atoms with van der Waals surface area (Å²) in [7, 11) is -5.81. The highest BCUT2D eigenvalue weighted by molar-refractivity contribution is 7.47. The number of ether oxygens (including phenoxy) is 8. The summed E-state index contributed by atoms with van der Waals surface area (Å²) in [6.45, 7) is 10.3. The Balaban J connectivity index is 1.92. The fourth-order valence-corrected chi connectivity index (χ4v) is 17.7. The Morgan fingerprint density at radius 1 is 0.344 bits per heavy atom. The summed E-state index contributed by atoms with van der Waals surface area (Å²) >= 11 is 0. The molecule has 3 fully saturated rings. The zero-order valence-electron chi connectivity index (χ0n) is 77.1. The third-order valence-electron chi connectivity index (χ3n) is 24.8. The molecule has 0 aromatic carbocycles. The van der Waals surface area contributed by atoms with Crippen LogP contribution in [0.2, 0.25) is 0 Å². The van der Waals surface area contributed by atoms with E-state index in [9.17, 15) is 74.6 Å². The Bertz CT molecular complexity index is 2610. The van der Waals surface area contributed by atoms with Crippen molar-refractivity contribution in [2.75, 3.05) is 26.4 Å². The standard InChI is InChI=1S/C96H179O25P/c1-7-11-15-19-23-25-27-29-31-33-35-37-39-41-52-60-68-81(100)115-76(71-112-79(98)66-58-51-44-42-48-56-64-74(5)62-54-46-21-17-13-9-3)72-114-122(110,111)121-94-92(119-95-89(108)85(104)83(102)77(70-97)116-95)88(107)87(106)91(118-82(101)69-61-53-45-43-49-57-65-75(6)63-55-47-22-18-14-10-4)93(94)120-96-90(109)86(105)84(103)78(117-96)73-113-80(99)67-59-50-40-38-36-34-32-30-28-26-24-20-16-12-8-2/h26,28,74-78,83-97,102-109H,7-25,27,29-73H2,1-6H3,(H,110,111)/b28-26-. The molecule has 0 aromatic rings. The molecule has 10 N–H and O–H groups in total. The molecule has 26 heteroatoms. The van der Waals surface area contributed by atoms with Crippen molar-refractivity contribution in [3.63, 3.8) is 0 Å². The predicted octanol–water partition coefficient (Wildman–Crippen LogP) is 19.2. The molecule has 122 heavy (non-hydrogen) atoms. The first kappa shape index (κ1) is 113. The van der Waals surface area contributed by atoms with E-state index in [2.05, 4.69) is 53.7 Å². The minimum Gasteiger partial charge on any atom is -0.463 e. The Kier molecular flexibility index (Phi) is 67.8. The molecule has 3 rings (SSSR count). The summed E-state index contributed by atoms with van der Waals surface area (Å²) in [5, 5.41) is 103. The van der Waals surface area contributed by atoms with Crippen molar-refractivity contribution in [3.8, 4) is 0 Å². The topological polar surface area (TPSA) is 380 Å². The van der Waals surface area contributed by atoms with Gasteiger partial charge in [-0.3, -0.25) is 28.2 Å². The van der Waals surface area contributed by atoms with Crippen LogP contribution in [0.1, 0.15) is 433 Å². The van der Waals surface area contributed by atoms with Crippen molar-refractivity contribution in [2.45, 2.75) is 537 Å². The lowest BCUT2D eigenvalue weighted by molar-refractivity contribution is -0.360. The van der Waals surface area contributed by atoms with Crippen molar-refractivity contribution in [1.29, 1.82) is 0 Å². The maximum absolute atomic E-state index is 15.0. The number of carbonyl (C=O) groups excluding carboxylic acids is 4. The zero-order chi connectivity index (χ0) is 89.2. The van der Waals surface area contributed by atoms with Crippen molar-refractivity contribution >= 4 is 31.7 Å². The van der Waals surface area contributed by atoms with Crippen molar-refractivity contribution in [2.24, 2.45) is 11.8 Å². The minimum atomic E-state index is -5.81. The lowest BCUT2D eigenvalue weighted by Gasteiger charge is -2.50. The van der Waals surface area contributed by atoms with Gasteiger partial charge in [0.05, 0.1) is 13.2 Å². The predicted molar refractivity (Wildman–Crippen MR) is 476 cm³/mol. The molecule has 718 valence electrons. The third kappa shape index (κ3) is 52.8. The number of aliphatic hydroxyl groups excluding tert-OH is 9. The molecule has 2 aliphatic heterocycles. The quantitative estimate of drug-likeness (QED) is 0.00889. The maximum Gasteiger partial charge on any atom is 0.472 e. The molecule has 2 heterocycles. The molecule has 0 amide bonds. The van der Waals surface area contributed by atoms with Gasteiger partial charge >= 0.3 is 31.7 Å². The highest BCUT2D eigenvalue weighted by atomic mass is 31.2. The van der Waals surface area contributed by atoms with Gasteiger partial charge in [-0.15, -0.1) is 0 Å². The van der Waals surface area contributed by atoms with Gasteiger partial charge in [0.2, 0.25) is 0 Å². The van der Waals surface area contributed by atoms with Crippen LogP contribution in [0.5, 0.6) is 0 Å². The fraction of sp³-hybridized carbons (Fsp3) is 0.938. The molecule has 0 spiro atoms. The van der Waals surface area contributed by atoms with Gasteiger partial charge in [0.1, 0.15) is 92.6 Å². The number of carbonyl (C=O) groups is 4. The van der Waals surface area contributed by atoms with Gasteiger partial charge in [-0.25, -0.2) is 4.57 Å². The number of allylic oxidation sites excluding steroid dienone is 2. The fourth-order valence-electron chi connectivity index (χ4n) is 16.7.